The SMILES string of the molecule is C[C@H](N[C@@H]1CCN(C)C[C@H]1C)c1ccccc1. The summed E-state index contributed by atoms with van der Waals surface area (Å²) in [6, 6.07) is 11.8. The molecule has 1 aromatic carbocycles. The van der Waals surface area contributed by atoms with Gasteiger partial charge in [0.2, 0.25) is 0 Å². The molecular formula is C15H24N2. The molecule has 0 bridgehead atoms. The number of nitrogens with zero attached hydrogens (tertiary/aromatic N) is 1. The first-order valence-corrected chi connectivity index (χ1v) is 6.66. The summed E-state index contributed by atoms with van der Waals surface area (Å²) >= 11 is 0. The highest BCUT2D eigenvalue weighted by atomic mass is 15.1. The van der Waals surface area contributed by atoms with Crippen molar-refractivity contribution in [2.24, 2.45) is 5.92 Å². The maximum Gasteiger partial charge on any atom is 0.0294 e. The molecule has 0 radical (unpaired) electrons. The van der Waals surface area contributed by atoms with Crippen LogP contribution in [-0.4, -0.2) is 31.1 Å². The fraction of sp³-hybridized carbons (Fsp3) is 0.600. The summed E-state index contributed by atoms with van der Waals surface area (Å²) in [7, 11) is 2.22. The third-order valence-electron chi connectivity index (χ3n) is 3.87. The molecule has 1 aliphatic heterocycles. The van der Waals surface area contributed by atoms with Crippen molar-refractivity contribution in [2.75, 3.05) is 20.1 Å². The Morgan fingerprint density at radius 1 is 1.29 bits per heavy atom. The molecule has 0 amide bonds. The molecule has 94 valence electrons. The minimum absolute atomic E-state index is 0.451. The molecule has 1 fully saturated rings. The molecule has 2 nitrogen and oxygen atoms in total. The number of rotatable bonds is 3. The van der Waals surface area contributed by atoms with Crippen molar-refractivity contribution >= 4 is 0 Å². The van der Waals surface area contributed by atoms with Gasteiger partial charge in [-0.1, -0.05) is 37.3 Å². The summed E-state index contributed by atoms with van der Waals surface area (Å²) in [5, 5.41) is 3.78. The molecule has 0 spiro atoms. The van der Waals surface area contributed by atoms with E-state index in [0.29, 0.717) is 12.1 Å². The van der Waals surface area contributed by atoms with E-state index in [9.17, 15) is 0 Å². The van der Waals surface area contributed by atoms with E-state index in [1.807, 2.05) is 0 Å². The van der Waals surface area contributed by atoms with Crippen LogP contribution in [0.4, 0.5) is 0 Å². The maximum absolute atomic E-state index is 3.78. The monoisotopic (exact) mass is 232 g/mol. The zero-order valence-corrected chi connectivity index (χ0v) is 11.2. The molecule has 1 aromatic rings. The first-order chi connectivity index (χ1) is 8.16. The summed E-state index contributed by atoms with van der Waals surface area (Å²) in [5.74, 6) is 0.736. The second kappa shape index (κ2) is 5.65. The van der Waals surface area contributed by atoms with Crippen LogP contribution < -0.4 is 5.32 Å². The van der Waals surface area contributed by atoms with Crippen LogP contribution in [0.5, 0.6) is 0 Å². The Kier molecular flexibility index (Phi) is 4.19. The van der Waals surface area contributed by atoms with Gasteiger partial charge >= 0.3 is 0 Å². The van der Waals surface area contributed by atoms with Crippen LogP contribution in [-0.2, 0) is 0 Å². The molecule has 0 aliphatic carbocycles. The third kappa shape index (κ3) is 3.30. The van der Waals surface area contributed by atoms with E-state index in [2.05, 4.69) is 61.4 Å². The molecule has 3 atom stereocenters. The maximum atomic E-state index is 3.78. The average Bonchev–Trinajstić information content (AvgIpc) is 2.34. The largest absolute Gasteiger partial charge is 0.307 e. The molecule has 1 aliphatic rings. The van der Waals surface area contributed by atoms with E-state index in [0.717, 1.165) is 5.92 Å². The van der Waals surface area contributed by atoms with Crippen LogP contribution in [0.25, 0.3) is 0 Å². The molecule has 1 saturated heterocycles. The van der Waals surface area contributed by atoms with Gasteiger partial charge in [-0.05, 0) is 38.4 Å². The van der Waals surface area contributed by atoms with Crippen molar-refractivity contribution in [2.45, 2.75) is 32.4 Å². The van der Waals surface area contributed by atoms with Gasteiger partial charge in [-0.15, -0.1) is 0 Å². The van der Waals surface area contributed by atoms with Gasteiger partial charge < -0.3 is 10.2 Å². The molecule has 0 aromatic heterocycles. The van der Waals surface area contributed by atoms with Gasteiger partial charge in [-0.3, -0.25) is 0 Å². The standard InChI is InChI=1S/C15H24N2/c1-12-11-17(3)10-9-15(12)16-13(2)14-7-5-4-6-8-14/h4-8,12-13,15-16H,9-11H2,1-3H3/t12-,13+,15-/m1/s1. The van der Waals surface area contributed by atoms with E-state index in [1.54, 1.807) is 0 Å². The Labute approximate surface area is 105 Å². The Bertz CT molecular complexity index is 336. The predicted octanol–water partition coefficient (Wildman–Crippen LogP) is 2.68. The van der Waals surface area contributed by atoms with Gasteiger partial charge in [0.25, 0.3) is 0 Å². The van der Waals surface area contributed by atoms with Gasteiger partial charge in [0.1, 0.15) is 0 Å². The van der Waals surface area contributed by atoms with Gasteiger partial charge in [0, 0.05) is 18.6 Å². The van der Waals surface area contributed by atoms with Gasteiger partial charge in [-0.25, -0.2) is 0 Å². The van der Waals surface area contributed by atoms with Crippen molar-refractivity contribution < 1.29 is 0 Å². The third-order valence-corrected chi connectivity index (χ3v) is 3.87. The lowest BCUT2D eigenvalue weighted by atomic mass is 9.93. The zero-order valence-electron chi connectivity index (χ0n) is 11.2. The molecule has 0 saturated carbocycles. The second-order valence-corrected chi connectivity index (χ2v) is 5.43. The summed E-state index contributed by atoms with van der Waals surface area (Å²) in [4.78, 5) is 2.43. The van der Waals surface area contributed by atoms with Crippen LogP contribution in [0.3, 0.4) is 0 Å². The zero-order chi connectivity index (χ0) is 12.3. The Morgan fingerprint density at radius 3 is 2.65 bits per heavy atom. The number of hydrogen-bond donors (Lipinski definition) is 1. The minimum Gasteiger partial charge on any atom is -0.307 e. The van der Waals surface area contributed by atoms with E-state index in [1.165, 1.54) is 25.1 Å². The summed E-state index contributed by atoms with van der Waals surface area (Å²) in [5.41, 5.74) is 1.39. The topological polar surface area (TPSA) is 15.3 Å². The summed E-state index contributed by atoms with van der Waals surface area (Å²) in [6.45, 7) is 7.04. The van der Waals surface area contributed by atoms with Gasteiger partial charge in [-0.2, -0.15) is 0 Å². The first kappa shape index (κ1) is 12.6. The fourth-order valence-corrected chi connectivity index (χ4v) is 2.76. The van der Waals surface area contributed by atoms with Crippen LogP contribution >= 0.6 is 0 Å². The van der Waals surface area contributed by atoms with Gasteiger partial charge in [0.05, 0.1) is 0 Å². The van der Waals surface area contributed by atoms with Crippen molar-refractivity contribution in [1.29, 1.82) is 0 Å². The van der Waals surface area contributed by atoms with Crippen LogP contribution in [0.1, 0.15) is 31.9 Å². The Balaban J connectivity index is 1.93. The Morgan fingerprint density at radius 2 is 2.00 bits per heavy atom. The normalized spacial score (nSPS) is 27.9. The molecule has 0 unspecified atom stereocenters. The van der Waals surface area contributed by atoms with Crippen molar-refractivity contribution in [1.82, 2.24) is 10.2 Å². The summed E-state index contributed by atoms with van der Waals surface area (Å²) < 4.78 is 0. The molecule has 17 heavy (non-hydrogen) atoms. The van der Waals surface area contributed by atoms with Crippen molar-refractivity contribution in [3.05, 3.63) is 35.9 Å². The summed E-state index contributed by atoms with van der Waals surface area (Å²) in [6.07, 6.45) is 1.26. The molecule has 1 N–H and O–H groups in total. The lowest BCUT2D eigenvalue weighted by Gasteiger charge is -2.37. The number of benzene rings is 1. The number of likely N-dealkylation sites (tertiary alicyclic amines) is 1. The highest BCUT2D eigenvalue weighted by molar-refractivity contribution is 5.18. The van der Waals surface area contributed by atoms with Crippen LogP contribution in [0.2, 0.25) is 0 Å². The lowest BCUT2D eigenvalue weighted by Crippen LogP contribution is -2.47. The lowest BCUT2D eigenvalue weighted by molar-refractivity contribution is 0.168. The number of hydrogen-bond acceptors (Lipinski definition) is 2. The van der Waals surface area contributed by atoms with E-state index >= 15 is 0 Å². The first-order valence-electron chi connectivity index (χ1n) is 6.66. The fourth-order valence-electron chi connectivity index (χ4n) is 2.76. The Hall–Kier alpha value is -0.860. The highest BCUT2D eigenvalue weighted by Crippen LogP contribution is 2.20. The van der Waals surface area contributed by atoms with Crippen molar-refractivity contribution in [3.8, 4) is 0 Å². The smallest absolute Gasteiger partial charge is 0.0294 e. The van der Waals surface area contributed by atoms with E-state index in [4.69, 9.17) is 0 Å². The van der Waals surface area contributed by atoms with Gasteiger partial charge in [0.15, 0.2) is 0 Å². The van der Waals surface area contributed by atoms with E-state index in [-0.39, 0.29) is 0 Å². The van der Waals surface area contributed by atoms with Crippen molar-refractivity contribution in [3.63, 3.8) is 0 Å². The second-order valence-electron chi connectivity index (χ2n) is 5.43. The average molecular weight is 232 g/mol. The number of piperidine rings is 1. The minimum atomic E-state index is 0.451. The van der Waals surface area contributed by atoms with E-state index < -0.39 is 0 Å². The highest BCUT2D eigenvalue weighted by Gasteiger charge is 2.25. The predicted molar refractivity (Wildman–Crippen MR) is 73.1 cm³/mol. The van der Waals surface area contributed by atoms with Crippen LogP contribution in [0, 0.1) is 5.92 Å². The molecular weight excluding hydrogens is 208 g/mol. The number of nitrogens with one attached hydrogen (secondary N) is 1. The quantitative estimate of drug-likeness (QED) is 0.862. The van der Waals surface area contributed by atoms with Crippen LogP contribution in [0.15, 0.2) is 30.3 Å². The molecule has 2 rings (SSSR count). The molecule has 1 heterocycles. The molecule has 2 heteroatoms.